The van der Waals surface area contributed by atoms with Gasteiger partial charge in [0.25, 0.3) is 0 Å². The number of fused-ring (bicyclic) bond motifs is 1. The molecule has 72 valence electrons. The van der Waals surface area contributed by atoms with Crippen molar-refractivity contribution in [3.8, 4) is 5.75 Å². The van der Waals surface area contributed by atoms with Crippen molar-refractivity contribution in [3.05, 3.63) is 24.4 Å². The van der Waals surface area contributed by atoms with E-state index in [1.165, 1.54) is 0 Å². The average Bonchev–Trinajstić information content (AvgIpc) is 2.27. The molecule has 0 amide bonds. The summed E-state index contributed by atoms with van der Waals surface area (Å²) in [6, 6.07) is 5.63. The summed E-state index contributed by atoms with van der Waals surface area (Å²) in [6.07, 6.45) is 1.70. The molecule has 0 radical (unpaired) electrons. The minimum Gasteiger partial charge on any atom is -0.497 e. The van der Waals surface area contributed by atoms with E-state index in [2.05, 4.69) is 15.3 Å². The second-order valence-corrected chi connectivity index (χ2v) is 2.86. The van der Waals surface area contributed by atoms with Gasteiger partial charge in [-0.1, -0.05) is 0 Å². The van der Waals surface area contributed by atoms with Crippen LogP contribution in [0.2, 0.25) is 0 Å². The summed E-state index contributed by atoms with van der Waals surface area (Å²) in [5.41, 5.74) is 1.70. The van der Waals surface area contributed by atoms with E-state index < -0.39 is 0 Å². The number of rotatable bonds is 2. The van der Waals surface area contributed by atoms with Gasteiger partial charge in [-0.3, -0.25) is 4.98 Å². The SMILES string of the molecule is CNc1cnc2cc(OC)ccc2n1. The standard InChI is InChI=1S/C10H11N3O/c1-11-10-6-12-9-5-7(14-2)3-4-8(9)13-10/h3-6H,1-2H3,(H,11,13). The van der Waals surface area contributed by atoms with Crippen LogP contribution in [0.4, 0.5) is 5.82 Å². The molecule has 0 unspecified atom stereocenters. The van der Waals surface area contributed by atoms with Gasteiger partial charge in [-0.25, -0.2) is 4.98 Å². The van der Waals surface area contributed by atoms with Crippen LogP contribution in [0.1, 0.15) is 0 Å². The lowest BCUT2D eigenvalue weighted by molar-refractivity contribution is 0.415. The molecular formula is C10H11N3O. The third-order valence-corrected chi connectivity index (χ3v) is 2.01. The zero-order chi connectivity index (χ0) is 9.97. The summed E-state index contributed by atoms with van der Waals surface area (Å²) in [4.78, 5) is 8.60. The number of nitrogens with zero attached hydrogens (tertiary/aromatic N) is 2. The molecule has 2 rings (SSSR count). The van der Waals surface area contributed by atoms with Crippen molar-refractivity contribution in [2.24, 2.45) is 0 Å². The minimum absolute atomic E-state index is 0.766. The molecule has 2 aromatic rings. The van der Waals surface area contributed by atoms with E-state index in [9.17, 15) is 0 Å². The van der Waals surface area contributed by atoms with Crippen LogP contribution in [-0.4, -0.2) is 24.1 Å². The first-order valence-electron chi connectivity index (χ1n) is 4.32. The summed E-state index contributed by atoms with van der Waals surface area (Å²) in [5, 5.41) is 2.94. The van der Waals surface area contributed by atoms with Gasteiger partial charge >= 0.3 is 0 Å². The highest BCUT2D eigenvalue weighted by molar-refractivity contribution is 5.77. The van der Waals surface area contributed by atoms with Crippen molar-refractivity contribution in [1.82, 2.24) is 9.97 Å². The third kappa shape index (κ3) is 1.46. The van der Waals surface area contributed by atoms with E-state index in [4.69, 9.17) is 4.74 Å². The normalized spacial score (nSPS) is 10.1. The maximum absolute atomic E-state index is 5.10. The number of anilines is 1. The number of ether oxygens (including phenoxy) is 1. The molecule has 0 fully saturated rings. The van der Waals surface area contributed by atoms with E-state index in [0.29, 0.717) is 0 Å². The number of hydrogen-bond donors (Lipinski definition) is 1. The Balaban J connectivity index is 2.57. The monoisotopic (exact) mass is 189 g/mol. The number of benzene rings is 1. The highest BCUT2D eigenvalue weighted by Gasteiger charge is 1.99. The van der Waals surface area contributed by atoms with Gasteiger partial charge in [-0.2, -0.15) is 0 Å². The van der Waals surface area contributed by atoms with Crippen molar-refractivity contribution in [1.29, 1.82) is 0 Å². The lowest BCUT2D eigenvalue weighted by Gasteiger charge is -2.03. The number of nitrogens with one attached hydrogen (secondary N) is 1. The Morgan fingerprint density at radius 2 is 2.14 bits per heavy atom. The molecule has 0 bridgehead atoms. The molecule has 0 aliphatic carbocycles. The highest BCUT2D eigenvalue weighted by atomic mass is 16.5. The van der Waals surface area contributed by atoms with Gasteiger partial charge in [0.05, 0.1) is 24.3 Å². The third-order valence-electron chi connectivity index (χ3n) is 2.01. The summed E-state index contributed by atoms with van der Waals surface area (Å²) < 4.78 is 5.10. The summed E-state index contributed by atoms with van der Waals surface area (Å²) in [7, 11) is 3.45. The molecule has 0 saturated carbocycles. The zero-order valence-corrected chi connectivity index (χ0v) is 8.11. The van der Waals surface area contributed by atoms with Crippen LogP contribution in [0.15, 0.2) is 24.4 Å². The largest absolute Gasteiger partial charge is 0.497 e. The fourth-order valence-corrected chi connectivity index (χ4v) is 1.24. The molecule has 0 spiro atoms. The van der Waals surface area contributed by atoms with E-state index in [1.807, 2.05) is 25.2 Å². The molecule has 4 heteroatoms. The molecule has 1 N–H and O–H groups in total. The van der Waals surface area contributed by atoms with Crippen LogP contribution in [0.5, 0.6) is 5.75 Å². The Morgan fingerprint density at radius 1 is 1.29 bits per heavy atom. The lowest BCUT2D eigenvalue weighted by Crippen LogP contribution is -1.94. The molecule has 0 aliphatic rings. The van der Waals surface area contributed by atoms with Gasteiger partial charge in [-0.15, -0.1) is 0 Å². The minimum atomic E-state index is 0.766. The molecule has 1 aromatic carbocycles. The quantitative estimate of drug-likeness (QED) is 0.780. The van der Waals surface area contributed by atoms with Crippen LogP contribution in [0.3, 0.4) is 0 Å². The first-order valence-corrected chi connectivity index (χ1v) is 4.32. The Bertz CT molecular complexity index is 413. The predicted octanol–water partition coefficient (Wildman–Crippen LogP) is 1.68. The maximum Gasteiger partial charge on any atom is 0.144 e. The molecule has 0 atom stereocenters. The second-order valence-electron chi connectivity index (χ2n) is 2.86. The van der Waals surface area contributed by atoms with Gasteiger partial charge in [0.15, 0.2) is 0 Å². The summed E-state index contributed by atoms with van der Waals surface area (Å²) in [6.45, 7) is 0. The second kappa shape index (κ2) is 3.49. The van der Waals surface area contributed by atoms with Crippen molar-refractivity contribution in [3.63, 3.8) is 0 Å². The number of hydrogen-bond acceptors (Lipinski definition) is 4. The number of aromatic nitrogens is 2. The number of methoxy groups -OCH3 is 1. The molecule has 0 saturated heterocycles. The van der Waals surface area contributed by atoms with Crippen LogP contribution in [0.25, 0.3) is 11.0 Å². The first-order chi connectivity index (χ1) is 6.83. The Morgan fingerprint density at radius 3 is 2.86 bits per heavy atom. The van der Waals surface area contributed by atoms with Crippen LogP contribution in [-0.2, 0) is 0 Å². The zero-order valence-electron chi connectivity index (χ0n) is 8.11. The fraction of sp³-hybridized carbons (Fsp3) is 0.200. The fourth-order valence-electron chi connectivity index (χ4n) is 1.24. The van der Waals surface area contributed by atoms with Crippen LogP contribution < -0.4 is 10.1 Å². The molecule has 4 nitrogen and oxygen atoms in total. The van der Waals surface area contributed by atoms with Crippen molar-refractivity contribution < 1.29 is 4.74 Å². The predicted molar refractivity (Wildman–Crippen MR) is 55.6 cm³/mol. The Kier molecular flexibility index (Phi) is 2.18. The summed E-state index contributed by atoms with van der Waals surface area (Å²) in [5.74, 6) is 1.56. The van der Waals surface area contributed by atoms with Gasteiger partial charge in [-0.05, 0) is 12.1 Å². The lowest BCUT2D eigenvalue weighted by atomic mass is 10.3. The summed E-state index contributed by atoms with van der Waals surface area (Å²) >= 11 is 0. The van der Waals surface area contributed by atoms with Crippen molar-refractivity contribution in [2.75, 3.05) is 19.5 Å². The molecule has 0 aliphatic heterocycles. The van der Waals surface area contributed by atoms with E-state index in [0.717, 1.165) is 22.6 Å². The van der Waals surface area contributed by atoms with E-state index in [1.54, 1.807) is 13.3 Å². The molecule has 14 heavy (non-hydrogen) atoms. The van der Waals surface area contributed by atoms with E-state index in [-0.39, 0.29) is 0 Å². The smallest absolute Gasteiger partial charge is 0.144 e. The first kappa shape index (κ1) is 8.74. The molecule has 1 heterocycles. The average molecular weight is 189 g/mol. The highest BCUT2D eigenvalue weighted by Crippen LogP contribution is 2.18. The van der Waals surface area contributed by atoms with Crippen molar-refractivity contribution in [2.45, 2.75) is 0 Å². The maximum atomic E-state index is 5.10. The van der Waals surface area contributed by atoms with E-state index >= 15 is 0 Å². The van der Waals surface area contributed by atoms with Crippen LogP contribution in [0, 0.1) is 0 Å². The Labute approximate surface area is 81.9 Å². The topological polar surface area (TPSA) is 47.0 Å². The molecule has 1 aromatic heterocycles. The Hall–Kier alpha value is -1.84. The van der Waals surface area contributed by atoms with Gasteiger partial charge in [0, 0.05) is 13.1 Å². The molecular weight excluding hydrogens is 178 g/mol. The van der Waals surface area contributed by atoms with Gasteiger partial charge < -0.3 is 10.1 Å². The van der Waals surface area contributed by atoms with Gasteiger partial charge in [0.2, 0.25) is 0 Å². The van der Waals surface area contributed by atoms with Crippen molar-refractivity contribution >= 4 is 16.9 Å². The van der Waals surface area contributed by atoms with Gasteiger partial charge in [0.1, 0.15) is 11.6 Å². The van der Waals surface area contributed by atoms with Crippen LogP contribution >= 0.6 is 0 Å².